The number of halogens is 1. The molecule has 1 aliphatic heterocycles. The van der Waals surface area contributed by atoms with Crippen LogP contribution in [0.5, 0.6) is 0 Å². The number of hydrogen-bond donors (Lipinski definition) is 1. The van der Waals surface area contributed by atoms with Gasteiger partial charge in [-0.25, -0.2) is 13.4 Å². The van der Waals surface area contributed by atoms with Gasteiger partial charge in [0.15, 0.2) is 4.21 Å². The molecule has 1 aromatic carbocycles. The maximum atomic E-state index is 13.1. The second-order valence-corrected chi connectivity index (χ2v) is 10.1. The SMILES string of the molecule is Cc1[nH]c(=O)sc1S(=O)(=O)N1CCN(C(=O)c2cc(Cl)nc3ccccc23)CC1. The van der Waals surface area contributed by atoms with Crippen LogP contribution >= 0.6 is 22.9 Å². The molecule has 1 amide bonds. The Kier molecular flexibility index (Phi) is 5.19. The minimum atomic E-state index is -3.78. The smallest absolute Gasteiger partial charge is 0.305 e. The number of rotatable bonds is 3. The quantitative estimate of drug-likeness (QED) is 0.613. The predicted molar refractivity (Wildman–Crippen MR) is 111 cm³/mol. The molecular formula is C18H17ClN4O4S2. The molecule has 0 atom stereocenters. The third kappa shape index (κ3) is 3.68. The first-order chi connectivity index (χ1) is 13.8. The van der Waals surface area contributed by atoms with Gasteiger partial charge in [0, 0.05) is 37.3 Å². The lowest BCUT2D eigenvalue weighted by Crippen LogP contribution is -2.50. The summed E-state index contributed by atoms with van der Waals surface area (Å²) in [6.07, 6.45) is 0. The number of fused-ring (bicyclic) bond motifs is 1. The molecular weight excluding hydrogens is 436 g/mol. The summed E-state index contributed by atoms with van der Waals surface area (Å²) in [5, 5.41) is 0.927. The number of sulfonamides is 1. The Morgan fingerprint density at radius 1 is 1.21 bits per heavy atom. The normalized spacial score (nSPS) is 15.7. The third-order valence-electron chi connectivity index (χ3n) is 4.80. The first kappa shape index (κ1) is 20.0. The Hall–Kier alpha value is -2.27. The average molecular weight is 453 g/mol. The number of hydrogen-bond acceptors (Lipinski definition) is 6. The van der Waals surface area contributed by atoms with Gasteiger partial charge >= 0.3 is 4.87 Å². The molecule has 0 spiro atoms. The van der Waals surface area contributed by atoms with E-state index in [2.05, 4.69) is 9.97 Å². The Morgan fingerprint density at radius 2 is 1.90 bits per heavy atom. The fraction of sp³-hybridized carbons (Fsp3) is 0.278. The molecule has 1 saturated heterocycles. The number of aromatic amines is 1. The van der Waals surface area contributed by atoms with Gasteiger partial charge < -0.3 is 9.88 Å². The zero-order valence-corrected chi connectivity index (χ0v) is 17.8. The topological polar surface area (TPSA) is 103 Å². The summed E-state index contributed by atoms with van der Waals surface area (Å²) >= 11 is 6.76. The number of nitrogens with zero attached hydrogens (tertiary/aromatic N) is 3. The Bertz CT molecular complexity index is 1260. The molecule has 0 radical (unpaired) electrons. The van der Waals surface area contributed by atoms with Crippen LogP contribution in [0.15, 0.2) is 39.3 Å². The van der Waals surface area contributed by atoms with Crippen LogP contribution in [-0.4, -0.2) is 59.7 Å². The Labute approximate surface area is 175 Å². The van der Waals surface area contributed by atoms with E-state index in [-0.39, 0.29) is 41.4 Å². The van der Waals surface area contributed by atoms with Gasteiger partial charge in [0.1, 0.15) is 5.15 Å². The highest BCUT2D eigenvalue weighted by Crippen LogP contribution is 2.25. The summed E-state index contributed by atoms with van der Waals surface area (Å²) in [6, 6.07) is 8.77. The number of piperazine rings is 1. The van der Waals surface area contributed by atoms with E-state index >= 15 is 0 Å². The highest BCUT2D eigenvalue weighted by molar-refractivity contribution is 7.91. The molecule has 0 bridgehead atoms. The number of para-hydroxylation sites is 1. The minimum absolute atomic E-state index is 0.0224. The van der Waals surface area contributed by atoms with Crippen molar-refractivity contribution in [2.24, 2.45) is 0 Å². The maximum Gasteiger partial charge on any atom is 0.305 e. The predicted octanol–water partition coefficient (Wildman–Crippen LogP) is 2.09. The number of carbonyl (C=O) groups excluding carboxylic acids is 1. The van der Waals surface area contributed by atoms with Crippen molar-refractivity contribution in [2.75, 3.05) is 26.2 Å². The number of amides is 1. The van der Waals surface area contributed by atoms with Crippen molar-refractivity contribution in [3.05, 3.63) is 56.4 Å². The van der Waals surface area contributed by atoms with Crippen molar-refractivity contribution in [3.8, 4) is 0 Å². The molecule has 1 N–H and O–H groups in total. The second-order valence-electron chi connectivity index (χ2n) is 6.63. The van der Waals surface area contributed by atoms with Crippen molar-refractivity contribution in [3.63, 3.8) is 0 Å². The van der Waals surface area contributed by atoms with Crippen molar-refractivity contribution in [1.82, 2.24) is 19.2 Å². The Morgan fingerprint density at radius 3 is 2.55 bits per heavy atom. The van der Waals surface area contributed by atoms with Gasteiger partial charge in [-0.15, -0.1) is 0 Å². The molecule has 3 heterocycles. The fourth-order valence-electron chi connectivity index (χ4n) is 3.38. The maximum absolute atomic E-state index is 13.1. The molecule has 0 unspecified atom stereocenters. The van der Waals surface area contributed by atoms with Crippen molar-refractivity contribution in [1.29, 1.82) is 0 Å². The van der Waals surface area contributed by atoms with E-state index in [4.69, 9.17) is 11.6 Å². The monoisotopic (exact) mass is 452 g/mol. The standard InChI is InChI=1S/C18H17ClN4O4S2/c1-11-17(28-18(25)20-11)29(26,27)23-8-6-22(7-9-23)16(24)13-10-15(19)21-14-5-3-2-4-12(13)14/h2-5,10H,6-9H2,1H3,(H,20,25). The number of carbonyl (C=O) groups is 1. The summed E-state index contributed by atoms with van der Waals surface area (Å²) in [5.74, 6) is -0.218. The largest absolute Gasteiger partial charge is 0.336 e. The zero-order valence-electron chi connectivity index (χ0n) is 15.4. The molecule has 1 fully saturated rings. The molecule has 3 aromatic rings. The highest BCUT2D eigenvalue weighted by Gasteiger charge is 2.33. The van der Waals surface area contributed by atoms with Crippen molar-refractivity contribution < 1.29 is 13.2 Å². The van der Waals surface area contributed by atoms with Crippen LogP contribution in [0.3, 0.4) is 0 Å². The average Bonchev–Trinajstić information content (AvgIpc) is 3.05. The van der Waals surface area contributed by atoms with E-state index in [1.807, 2.05) is 18.2 Å². The van der Waals surface area contributed by atoms with Crippen LogP contribution in [0.25, 0.3) is 10.9 Å². The van der Waals surface area contributed by atoms with Crippen LogP contribution in [0.4, 0.5) is 0 Å². The van der Waals surface area contributed by atoms with Gasteiger partial charge in [-0.2, -0.15) is 4.31 Å². The molecule has 11 heteroatoms. The van der Waals surface area contributed by atoms with Gasteiger partial charge in [0.25, 0.3) is 15.9 Å². The van der Waals surface area contributed by atoms with Crippen LogP contribution in [-0.2, 0) is 10.0 Å². The molecule has 0 saturated carbocycles. The summed E-state index contributed by atoms with van der Waals surface area (Å²) in [6.45, 7) is 2.34. The molecule has 2 aromatic heterocycles. The molecule has 0 aliphatic carbocycles. The summed E-state index contributed by atoms with van der Waals surface area (Å²) < 4.78 is 27.0. The third-order valence-corrected chi connectivity index (χ3v) is 8.47. The van der Waals surface area contributed by atoms with Crippen LogP contribution < -0.4 is 4.87 Å². The molecule has 1 aliphatic rings. The van der Waals surface area contributed by atoms with E-state index in [0.717, 1.165) is 0 Å². The van der Waals surface area contributed by atoms with Gasteiger partial charge in [-0.05, 0) is 19.1 Å². The lowest BCUT2D eigenvalue weighted by atomic mass is 10.1. The number of nitrogens with one attached hydrogen (secondary N) is 1. The van der Waals surface area contributed by atoms with Gasteiger partial charge in [-0.1, -0.05) is 41.1 Å². The molecule has 4 rings (SSSR count). The number of pyridine rings is 1. The van der Waals surface area contributed by atoms with Gasteiger partial charge in [0.2, 0.25) is 0 Å². The highest BCUT2D eigenvalue weighted by atomic mass is 35.5. The number of benzene rings is 1. The number of H-pyrrole nitrogens is 1. The van der Waals surface area contributed by atoms with Crippen molar-refractivity contribution in [2.45, 2.75) is 11.1 Å². The Balaban J connectivity index is 1.55. The molecule has 152 valence electrons. The van der Waals surface area contributed by atoms with Gasteiger partial charge in [-0.3, -0.25) is 9.59 Å². The fourth-order valence-corrected chi connectivity index (χ4v) is 6.43. The van der Waals surface area contributed by atoms with E-state index in [0.29, 0.717) is 33.5 Å². The van der Waals surface area contributed by atoms with Gasteiger partial charge in [0.05, 0.1) is 11.1 Å². The summed E-state index contributed by atoms with van der Waals surface area (Å²) in [4.78, 5) is 32.5. The van der Waals surface area contributed by atoms with E-state index in [1.165, 1.54) is 10.4 Å². The van der Waals surface area contributed by atoms with E-state index in [1.54, 1.807) is 17.9 Å². The first-order valence-corrected chi connectivity index (χ1v) is 11.5. The van der Waals surface area contributed by atoms with Crippen LogP contribution in [0, 0.1) is 6.92 Å². The zero-order chi connectivity index (χ0) is 20.8. The van der Waals surface area contributed by atoms with Crippen molar-refractivity contribution >= 4 is 49.8 Å². The lowest BCUT2D eigenvalue weighted by Gasteiger charge is -2.34. The minimum Gasteiger partial charge on any atom is -0.336 e. The lowest BCUT2D eigenvalue weighted by molar-refractivity contribution is 0.0700. The van der Waals surface area contributed by atoms with E-state index in [9.17, 15) is 18.0 Å². The number of aromatic nitrogens is 2. The molecule has 8 nitrogen and oxygen atoms in total. The number of thiazole rings is 1. The van der Waals surface area contributed by atoms with Crippen LogP contribution in [0.2, 0.25) is 5.15 Å². The second kappa shape index (κ2) is 7.52. The van der Waals surface area contributed by atoms with Crippen LogP contribution in [0.1, 0.15) is 16.1 Å². The summed E-state index contributed by atoms with van der Waals surface area (Å²) in [7, 11) is -3.78. The first-order valence-electron chi connectivity index (χ1n) is 8.82. The molecule has 29 heavy (non-hydrogen) atoms. The summed E-state index contributed by atoms with van der Waals surface area (Å²) in [5.41, 5.74) is 1.40. The van der Waals surface area contributed by atoms with E-state index < -0.39 is 14.9 Å². The number of aryl methyl sites for hydroxylation is 1.